The molecule has 6 nitrogen and oxygen atoms in total. The van der Waals surface area contributed by atoms with E-state index in [0.29, 0.717) is 6.61 Å². The molecule has 22 heavy (non-hydrogen) atoms. The monoisotopic (exact) mass is 301 g/mol. The van der Waals surface area contributed by atoms with Gasteiger partial charge < -0.3 is 9.64 Å². The average Bonchev–Trinajstić information content (AvgIpc) is 2.76. The van der Waals surface area contributed by atoms with Crippen molar-refractivity contribution < 1.29 is 4.74 Å². The number of aryl methyl sites for hydroxylation is 4. The molecule has 1 aliphatic heterocycles. The van der Waals surface area contributed by atoms with Crippen LogP contribution in [-0.2, 0) is 11.3 Å². The predicted molar refractivity (Wildman–Crippen MR) is 85.2 cm³/mol. The lowest BCUT2D eigenvalue weighted by Gasteiger charge is -2.34. The quantitative estimate of drug-likeness (QED) is 0.865. The summed E-state index contributed by atoms with van der Waals surface area (Å²) < 4.78 is 7.94. The zero-order valence-electron chi connectivity index (χ0n) is 13.7. The zero-order chi connectivity index (χ0) is 15.7. The Morgan fingerprint density at radius 3 is 2.64 bits per heavy atom. The van der Waals surface area contributed by atoms with E-state index in [1.54, 1.807) is 0 Å². The number of morpholine rings is 1. The van der Waals surface area contributed by atoms with Gasteiger partial charge in [-0.2, -0.15) is 5.10 Å². The minimum absolute atomic E-state index is 0.127. The van der Waals surface area contributed by atoms with Crippen LogP contribution in [0.3, 0.4) is 0 Å². The molecular formula is C16H23N5O. The van der Waals surface area contributed by atoms with Crippen LogP contribution in [0.2, 0.25) is 0 Å². The third-order valence-electron chi connectivity index (χ3n) is 3.90. The normalized spacial score (nSPS) is 18.7. The summed E-state index contributed by atoms with van der Waals surface area (Å²) in [6, 6.07) is 4.14. The van der Waals surface area contributed by atoms with E-state index in [4.69, 9.17) is 4.74 Å². The number of rotatable bonds is 3. The second kappa shape index (κ2) is 6.04. The summed E-state index contributed by atoms with van der Waals surface area (Å²) in [4.78, 5) is 11.2. The highest BCUT2D eigenvalue weighted by Crippen LogP contribution is 2.17. The molecule has 0 amide bonds. The Morgan fingerprint density at radius 2 is 1.95 bits per heavy atom. The van der Waals surface area contributed by atoms with Gasteiger partial charge in [-0.25, -0.2) is 9.97 Å². The summed E-state index contributed by atoms with van der Waals surface area (Å²) in [6.45, 7) is 11.2. The standard InChI is InChI=1S/C16H23N5O/c1-11-8-16(18-14(4)17-11)20-5-6-22-15(9-20)10-21-13(3)7-12(2)19-21/h7-8,15H,5-6,9-10H2,1-4H3. The highest BCUT2D eigenvalue weighted by Gasteiger charge is 2.23. The predicted octanol–water partition coefficient (Wildman–Crippen LogP) is 1.81. The first-order chi connectivity index (χ1) is 10.5. The molecule has 0 aromatic carbocycles. The Hall–Kier alpha value is -1.95. The van der Waals surface area contributed by atoms with Gasteiger partial charge in [0.1, 0.15) is 11.6 Å². The number of aromatic nitrogens is 4. The molecule has 0 N–H and O–H groups in total. The second-order valence-electron chi connectivity index (χ2n) is 5.96. The van der Waals surface area contributed by atoms with E-state index in [1.165, 1.54) is 5.69 Å². The highest BCUT2D eigenvalue weighted by atomic mass is 16.5. The van der Waals surface area contributed by atoms with Crippen molar-refractivity contribution in [2.24, 2.45) is 0 Å². The van der Waals surface area contributed by atoms with Gasteiger partial charge in [0, 0.05) is 30.5 Å². The first-order valence-corrected chi connectivity index (χ1v) is 7.71. The molecule has 0 aliphatic carbocycles. The topological polar surface area (TPSA) is 56.1 Å². The molecule has 0 spiro atoms. The molecule has 118 valence electrons. The number of hydrogen-bond donors (Lipinski definition) is 0. The number of nitrogens with zero attached hydrogens (tertiary/aromatic N) is 5. The number of anilines is 1. The summed E-state index contributed by atoms with van der Waals surface area (Å²) in [7, 11) is 0. The van der Waals surface area contributed by atoms with Crippen molar-refractivity contribution in [3.63, 3.8) is 0 Å². The molecule has 3 heterocycles. The van der Waals surface area contributed by atoms with Crippen LogP contribution in [0.25, 0.3) is 0 Å². The fourth-order valence-electron chi connectivity index (χ4n) is 2.95. The van der Waals surface area contributed by atoms with Crippen LogP contribution < -0.4 is 4.90 Å². The van der Waals surface area contributed by atoms with Crippen molar-refractivity contribution in [3.05, 3.63) is 35.0 Å². The van der Waals surface area contributed by atoms with Gasteiger partial charge in [0.25, 0.3) is 0 Å². The summed E-state index contributed by atoms with van der Waals surface area (Å²) >= 11 is 0. The molecule has 1 fully saturated rings. The first-order valence-electron chi connectivity index (χ1n) is 7.71. The molecule has 2 aromatic heterocycles. The molecule has 0 saturated carbocycles. The molecule has 3 rings (SSSR count). The van der Waals surface area contributed by atoms with Crippen molar-refractivity contribution >= 4 is 5.82 Å². The summed E-state index contributed by atoms with van der Waals surface area (Å²) in [5, 5.41) is 4.52. The van der Waals surface area contributed by atoms with Crippen molar-refractivity contribution in [1.29, 1.82) is 0 Å². The maximum atomic E-state index is 5.91. The van der Waals surface area contributed by atoms with Gasteiger partial charge in [-0.05, 0) is 33.8 Å². The third kappa shape index (κ3) is 3.27. The van der Waals surface area contributed by atoms with Crippen LogP contribution in [0.5, 0.6) is 0 Å². The van der Waals surface area contributed by atoms with Crippen LogP contribution >= 0.6 is 0 Å². The fourth-order valence-corrected chi connectivity index (χ4v) is 2.95. The van der Waals surface area contributed by atoms with Crippen LogP contribution in [-0.4, -0.2) is 45.5 Å². The molecule has 2 aromatic rings. The number of ether oxygens (including phenoxy) is 1. The lowest BCUT2D eigenvalue weighted by molar-refractivity contribution is 0.0267. The molecule has 1 unspecified atom stereocenters. The minimum Gasteiger partial charge on any atom is -0.373 e. The van der Waals surface area contributed by atoms with E-state index in [1.807, 2.05) is 31.5 Å². The Morgan fingerprint density at radius 1 is 1.14 bits per heavy atom. The van der Waals surface area contributed by atoms with Gasteiger partial charge in [0.2, 0.25) is 0 Å². The van der Waals surface area contributed by atoms with Crippen molar-refractivity contribution in [3.8, 4) is 0 Å². The van der Waals surface area contributed by atoms with Crippen LogP contribution in [0.4, 0.5) is 5.82 Å². The Balaban J connectivity index is 1.72. The Kier molecular flexibility index (Phi) is 4.11. The maximum absolute atomic E-state index is 5.91. The van der Waals surface area contributed by atoms with E-state index in [-0.39, 0.29) is 6.10 Å². The Bertz CT molecular complexity index is 646. The third-order valence-corrected chi connectivity index (χ3v) is 3.90. The minimum atomic E-state index is 0.127. The molecular weight excluding hydrogens is 278 g/mol. The van der Waals surface area contributed by atoms with E-state index < -0.39 is 0 Å². The van der Waals surface area contributed by atoms with E-state index in [0.717, 1.165) is 42.7 Å². The van der Waals surface area contributed by atoms with E-state index in [2.05, 4.69) is 33.0 Å². The molecule has 1 saturated heterocycles. The van der Waals surface area contributed by atoms with E-state index >= 15 is 0 Å². The van der Waals surface area contributed by atoms with Crippen molar-refractivity contribution in [2.75, 3.05) is 24.6 Å². The van der Waals surface area contributed by atoms with Crippen LogP contribution in [0.15, 0.2) is 12.1 Å². The second-order valence-corrected chi connectivity index (χ2v) is 5.96. The van der Waals surface area contributed by atoms with Gasteiger partial charge in [-0.1, -0.05) is 0 Å². The lowest BCUT2D eigenvalue weighted by atomic mass is 10.2. The lowest BCUT2D eigenvalue weighted by Crippen LogP contribution is -2.45. The molecule has 0 radical (unpaired) electrons. The van der Waals surface area contributed by atoms with E-state index in [9.17, 15) is 0 Å². The smallest absolute Gasteiger partial charge is 0.132 e. The number of hydrogen-bond acceptors (Lipinski definition) is 5. The first kappa shape index (κ1) is 15.0. The van der Waals surface area contributed by atoms with Gasteiger partial charge in [0.05, 0.1) is 24.9 Å². The van der Waals surface area contributed by atoms with Crippen LogP contribution in [0.1, 0.15) is 22.9 Å². The zero-order valence-corrected chi connectivity index (χ0v) is 13.7. The van der Waals surface area contributed by atoms with Gasteiger partial charge in [-0.15, -0.1) is 0 Å². The summed E-state index contributed by atoms with van der Waals surface area (Å²) in [6.07, 6.45) is 0.127. The largest absolute Gasteiger partial charge is 0.373 e. The summed E-state index contributed by atoms with van der Waals surface area (Å²) in [5.41, 5.74) is 3.23. The average molecular weight is 301 g/mol. The van der Waals surface area contributed by atoms with Gasteiger partial charge >= 0.3 is 0 Å². The maximum Gasteiger partial charge on any atom is 0.132 e. The van der Waals surface area contributed by atoms with Crippen molar-refractivity contribution in [1.82, 2.24) is 19.7 Å². The highest BCUT2D eigenvalue weighted by molar-refractivity contribution is 5.40. The van der Waals surface area contributed by atoms with Crippen LogP contribution in [0, 0.1) is 27.7 Å². The summed E-state index contributed by atoms with van der Waals surface area (Å²) in [5.74, 6) is 1.81. The SMILES string of the molecule is Cc1cc(N2CCOC(Cn3nc(C)cc3C)C2)nc(C)n1. The fraction of sp³-hybridized carbons (Fsp3) is 0.562. The van der Waals surface area contributed by atoms with Crippen molar-refractivity contribution in [2.45, 2.75) is 40.3 Å². The molecule has 1 atom stereocenters. The Labute approximate surface area is 131 Å². The van der Waals surface area contributed by atoms with Gasteiger partial charge in [0.15, 0.2) is 0 Å². The molecule has 1 aliphatic rings. The molecule has 0 bridgehead atoms. The molecule has 6 heteroatoms. The van der Waals surface area contributed by atoms with Gasteiger partial charge in [-0.3, -0.25) is 4.68 Å².